The molecular weight excluding hydrogens is 229 g/mol. The molecule has 0 spiro atoms. The van der Waals surface area contributed by atoms with Crippen LogP contribution >= 0.6 is 12.2 Å². The number of aromatic nitrogens is 1. The van der Waals surface area contributed by atoms with Crippen molar-refractivity contribution in [1.82, 2.24) is 4.98 Å². The SMILES string of the molecule is NC(=S)c1ccc(OCC(F)(F)F)cn1. The van der Waals surface area contributed by atoms with Crippen LogP contribution in [0.25, 0.3) is 0 Å². The molecule has 0 radical (unpaired) electrons. The van der Waals surface area contributed by atoms with E-state index in [1.165, 1.54) is 12.1 Å². The van der Waals surface area contributed by atoms with Crippen molar-refractivity contribution in [2.75, 3.05) is 6.61 Å². The molecule has 0 saturated heterocycles. The normalized spacial score (nSPS) is 11.1. The third kappa shape index (κ3) is 4.11. The molecule has 0 bridgehead atoms. The minimum atomic E-state index is -4.36. The highest BCUT2D eigenvalue weighted by Crippen LogP contribution is 2.17. The minimum Gasteiger partial charge on any atom is -0.483 e. The number of pyridine rings is 1. The summed E-state index contributed by atoms with van der Waals surface area (Å²) >= 11 is 4.62. The zero-order valence-corrected chi connectivity index (χ0v) is 8.23. The molecule has 82 valence electrons. The van der Waals surface area contributed by atoms with E-state index in [9.17, 15) is 13.2 Å². The number of hydrogen-bond donors (Lipinski definition) is 1. The van der Waals surface area contributed by atoms with Crippen molar-refractivity contribution in [3.05, 3.63) is 24.0 Å². The van der Waals surface area contributed by atoms with Crippen molar-refractivity contribution < 1.29 is 17.9 Å². The fourth-order valence-electron chi connectivity index (χ4n) is 0.777. The molecule has 1 aromatic heterocycles. The Kier molecular flexibility index (Phi) is 3.46. The number of halogens is 3. The van der Waals surface area contributed by atoms with E-state index in [2.05, 4.69) is 21.9 Å². The quantitative estimate of drug-likeness (QED) is 0.811. The predicted octanol–water partition coefficient (Wildman–Crippen LogP) is 1.66. The Bertz CT molecular complexity index is 350. The van der Waals surface area contributed by atoms with Crippen LogP contribution in [-0.4, -0.2) is 22.8 Å². The van der Waals surface area contributed by atoms with Gasteiger partial charge in [-0.3, -0.25) is 0 Å². The number of rotatable bonds is 3. The summed E-state index contributed by atoms with van der Waals surface area (Å²) < 4.78 is 39.7. The fourth-order valence-corrected chi connectivity index (χ4v) is 0.897. The first-order valence-corrected chi connectivity index (χ1v) is 4.25. The van der Waals surface area contributed by atoms with Crippen molar-refractivity contribution in [3.8, 4) is 5.75 Å². The first-order chi connectivity index (χ1) is 6.88. The molecule has 0 fully saturated rings. The molecule has 1 heterocycles. The van der Waals surface area contributed by atoms with Gasteiger partial charge in [0.1, 0.15) is 10.7 Å². The van der Waals surface area contributed by atoms with E-state index < -0.39 is 12.8 Å². The molecule has 0 aliphatic heterocycles. The Morgan fingerprint density at radius 1 is 1.47 bits per heavy atom. The van der Waals surface area contributed by atoms with Gasteiger partial charge in [-0.25, -0.2) is 4.98 Å². The topological polar surface area (TPSA) is 48.1 Å². The molecule has 0 aromatic carbocycles. The highest BCUT2D eigenvalue weighted by Gasteiger charge is 2.28. The van der Waals surface area contributed by atoms with Gasteiger partial charge in [-0.05, 0) is 12.1 Å². The minimum absolute atomic E-state index is 0.0207. The monoisotopic (exact) mass is 236 g/mol. The lowest BCUT2D eigenvalue weighted by Crippen LogP contribution is -2.19. The largest absolute Gasteiger partial charge is 0.483 e. The second-order valence-corrected chi connectivity index (χ2v) is 3.09. The smallest absolute Gasteiger partial charge is 0.422 e. The van der Waals surface area contributed by atoms with Gasteiger partial charge in [-0.15, -0.1) is 0 Å². The number of nitrogens with zero attached hydrogens (tertiary/aromatic N) is 1. The molecule has 7 heteroatoms. The van der Waals surface area contributed by atoms with Crippen LogP contribution in [0.5, 0.6) is 5.75 Å². The number of ether oxygens (including phenoxy) is 1. The van der Waals surface area contributed by atoms with Gasteiger partial charge in [0, 0.05) is 0 Å². The average molecular weight is 236 g/mol. The second-order valence-electron chi connectivity index (χ2n) is 2.65. The number of alkyl halides is 3. The summed E-state index contributed by atoms with van der Waals surface area (Å²) in [5, 5.41) is 0. The number of hydrogen-bond acceptors (Lipinski definition) is 3. The maximum atomic E-state index is 11.8. The lowest BCUT2D eigenvalue weighted by molar-refractivity contribution is -0.153. The van der Waals surface area contributed by atoms with Gasteiger partial charge in [0.05, 0.1) is 11.9 Å². The Hall–Kier alpha value is -1.37. The van der Waals surface area contributed by atoms with Crippen molar-refractivity contribution >= 4 is 17.2 Å². The van der Waals surface area contributed by atoms with Crippen molar-refractivity contribution in [3.63, 3.8) is 0 Å². The van der Waals surface area contributed by atoms with Gasteiger partial charge in [0.25, 0.3) is 0 Å². The molecule has 1 rings (SSSR count). The van der Waals surface area contributed by atoms with Crippen LogP contribution in [0.4, 0.5) is 13.2 Å². The molecular formula is C8H7F3N2OS. The average Bonchev–Trinajstić information content (AvgIpc) is 2.14. The van der Waals surface area contributed by atoms with Crippen molar-refractivity contribution in [1.29, 1.82) is 0 Å². The molecule has 0 aliphatic carbocycles. The molecule has 15 heavy (non-hydrogen) atoms. The third-order valence-electron chi connectivity index (χ3n) is 1.39. The molecule has 0 unspecified atom stereocenters. The lowest BCUT2D eigenvalue weighted by atomic mass is 10.3. The summed E-state index contributed by atoms with van der Waals surface area (Å²) in [6.07, 6.45) is -3.22. The van der Waals surface area contributed by atoms with E-state index in [4.69, 9.17) is 5.73 Å². The Morgan fingerprint density at radius 2 is 2.13 bits per heavy atom. The van der Waals surface area contributed by atoms with Crippen LogP contribution in [0.2, 0.25) is 0 Å². The van der Waals surface area contributed by atoms with Crippen LogP contribution in [-0.2, 0) is 0 Å². The second kappa shape index (κ2) is 4.43. The molecule has 0 atom stereocenters. The van der Waals surface area contributed by atoms with Gasteiger partial charge >= 0.3 is 6.18 Å². The van der Waals surface area contributed by atoms with E-state index in [1.54, 1.807) is 0 Å². The third-order valence-corrected chi connectivity index (χ3v) is 1.60. The zero-order chi connectivity index (χ0) is 11.5. The lowest BCUT2D eigenvalue weighted by Gasteiger charge is -2.08. The summed E-state index contributed by atoms with van der Waals surface area (Å²) in [5.74, 6) is 0.0207. The number of thiocarbonyl (C=S) groups is 1. The predicted molar refractivity (Wildman–Crippen MR) is 51.7 cm³/mol. The van der Waals surface area contributed by atoms with Gasteiger partial charge in [0.15, 0.2) is 6.61 Å². The summed E-state index contributed by atoms with van der Waals surface area (Å²) in [6.45, 7) is -1.35. The Balaban J connectivity index is 2.61. The Morgan fingerprint density at radius 3 is 2.53 bits per heavy atom. The van der Waals surface area contributed by atoms with Crippen molar-refractivity contribution in [2.45, 2.75) is 6.18 Å². The first kappa shape index (κ1) is 11.7. The fraction of sp³-hybridized carbons (Fsp3) is 0.250. The van der Waals surface area contributed by atoms with Crippen LogP contribution in [0, 0.1) is 0 Å². The van der Waals surface area contributed by atoms with Gasteiger partial charge < -0.3 is 10.5 Å². The van der Waals surface area contributed by atoms with Crippen LogP contribution < -0.4 is 10.5 Å². The standard InChI is InChI=1S/C8H7F3N2OS/c9-8(10,11)4-14-5-1-2-6(7(12)15)13-3-5/h1-3H,4H2,(H2,12,15). The van der Waals surface area contributed by atoms with E-state index in [1.807, 2.05) is 0 Å². The van der Waals surface area contributed by atoms with Crippen LogP contribution in [0.15, 0.2) is 18.3 Å². The summed E-state index contributed by atoms with van der Waals surface area (Å²) in [7, 11) is 0. The van der Waals surface area contributed by atoms with E-state index in [0.717, 1.165) is 6.20 Å². The molecule has 0 amide bonds. The Labute approximate surface area is 89.1 Å². The molecule has 1 aromatic rings. The van der Waals surface area contributed by atoms with Gasteiger partial charge in [-0.2, -0.15) is 13.2 Å². The zero-order valence-electron chi connectivity index (χ0n) is 7.41. The summed E-state index contributed by atoms with van der Waals surface area (Å²) in [6, 6.07) is 2.72. The van der Waals surface area contributed by atoms with Crippen LogP contribution in [0.1, 0.15) is 5.69 Å². The summed E-state index contributed by atoms with van der Waals surface area (Å²) in [5.41, 5.74) is 5.59. The van der Waals surface area contributed by atoms with Gasteiger partial charge in [0.2, 0.25) is 0 Å². The van der Waals surface area contributed by atoms with Crippen molar-refractivity contribution in [2.24, 2.45) is 5.73 Å². The van der Waals surface area contributed by atoms with Crippen LogP contribution in [0.3, 0.4) is 0 Å². The molecule has 2 N–H and O–H groups in total. The van der Waals surface area contributed by atoms with Gasteiger partial charge in [-0.1, -0.05) is 12.2 Å². The molecule has 0 saturated carbocycles. The van der Waals surface area contributed by atoms with E-state index in [-0.39, 0.29) is 10.7 Å². The number of nitrogens with two attached hydrogens (primary N) is 1. The highest BCUT2D eigenvalue weighted by molar-refractivity contribution is 7.80. The molecule has 0 aliphatic rings. The molecule has 3 nitrogen and oxygen atoms in total. The highest BCUT2D eigenvalue weighted by atomic mass is 32.1. The maximum absolute atomic E-state index is 11.8. The first-order valence-electron chi connectivity index (χ1n) is 3.84. The van der Waals surface area contributed by atoms with E-state index >= 15 is 0 Å². The van der Waals surface area contributed by atoms with E-state index in [0.29, 0.717) is 5.69 Å². The summed E-state index contributed by atoms with van der Waals surface area (Å²) in [4.78, 5) is 3.80. The maximum Gasteiger partial charge on any atom is 0.422 e.